The van der Waals surface area contributed by atoms with Gasteiger partial charge in [-0.3, -0.25) is 4.90 Å². The van der Waals surface area contributed by atoms with Crippen LogP contribution in [0.2, 0.25) is 0 Å². The van der Waals surface area contributed by atoms with Gasteiger partial charge in [0.25, 0.3) is 0 Å². The largest absolute Gasteiger partial charge is 0.314 e. The number of benzene rings is 1. The van der Waals surface area contributed by atoms with E-state index in [4.69, 9.17) is 0 Å². The van der Waals surface area contributed by atoms with Gasteiger partial charge in [0.15, 0.2) is 0 Å². The number of nitrogens with one attached hydrogen (secondary N) is 1. The summed E-state index contributed by atoms with van der Waals surface area (Å²) in [5.41, 5.74) is 0.425. The van der Waals surface area contributed by atoms with Gasteiger partial charge < -0.3 is 5.32 Å². The van der Waals surface area contributed by atoms with Crippen LogP contribution in [0.1, 0.15) is 16.5 Å². The number of halogens is 2. The van der Waals surface area contributed by atoms with Crippen LogP contribution in [-0.2, 0) is 0 Å². The second-order valence-corrected chi connectivity index (χ2v) is 5.85. The minimum atomic E-state index is -0.391. The Morgan fingerprint density at radius 1 is 1.15 bits per heavy atom. The summed E-state index contributed by atoms with van der Waals surface area (Å²) in [5, 5.41) is 5.26. The van der Waals surface area contributed by atoms with E-state index in [2.05, 4.69) is 10.2 Å². The lowest BCUT2D eigenvalue weighted by atomic mass is 10.0. The van der Waals surface area contributed by atoms with Gasteiger partial charge in [0, 0.05) is 36.6 Å². The number of rotatable bonds is 3. The highest BCUT2D eigenvalue weighted by molar-refractivity contribution is 7.10. The molecular weight excluding hydrogens is 278 g/mol. The van der Waals surface area contributed by atoms with Crippen LogP contribution in [0.15, 0.2) is 35.7 Å². The maximum absolute atomic E-state index is 14.2. The number of hydrogen-bond donors (Lipinski definition) is 1. The number of thiophene rings is 1. The van der Waals surface area contributed by atoms with Crippen LogP contribution in [0, 0.1) is 11.6 Å². The van der Waals surface area contributed by atoms with Crippen LogP contribution in [0.4, 0.5) is 8.78 Å². The minimum absolute atomic E-state index is 0.201. The molecule has 1 saturated heterocycles. The highest BCUT2D eigenvalue weighted by Gasteiger charge is 2.27. The van der Waals surface area contributed by atoms with Crippen molar-refractivity contribution in [3.63, 3.8) is 0 Å². The predicted molar refractivity (Wildman–Crippen MR) is 77.0 cm³/mol. The average molecular weight is 294 g/mol. The molecule has 0 spiro atoms. The fraction of sp³-hybridized carbons (Fsp3) is 0.333. The van der Waals surface area contributed by atoms with Gasteiger partial charge in [-0.15, -0.1) is 11.3 Å². The van der Waals surface area contributed by atoms with Crippen molar-refractivity contribution < 1.29 is 8.78 Å². The first kappa shape index (κ1) is 13.7. The smallest absolute Gasteiger partial charge is 0.128 e. The molecule has 0 radical (unpaired) electrons. The molecule has 1 aromatic carbocycles. The van der Waals surface area contributed by atoms with Crippen LogP contribution in [0.5, 0.6) is 0 Å². The first-order valence-corrected chi connectivity index (χ1v) is 7.57. The van der Waals surface area contributed by atoms with Crippen molar-refractivity contribution in [3.05, 3.63) is 57.8 Å². The summed E-state index contributed by atoms with van der Waals surface area (Å²) < 4.78 is 27.7. The van der Waals surface area contributed by atoms with E-state index in [1.807, 2.05) is 17.5 Å². The number of piperazine rings is 1. The molecule has 0 unspecified atom stereocenters. The van der Waals surface area contributed by atoms with Gasteiger partial charge in [0.05, 0.1) is 6.04 Å². The average Bonchev–Trinajstić information content (AvgIpc) is 2.98. The van der Waals surface area contributed by atoms with E-state index in [-0.39, 0.29) is 11.9 Å². The van der Waals surface area contributed by atoms with Crippen molar-refractivity contribution in [1.82, 2.24) is 10.2 Å². The molecule has 1 aromatic heterocycles. The molecule has 1 aliphatic rings. The summed E-state index contributed by atoms with van der Waals surface area (Å²) in [6.07, 6.45) is 0. The lowest BCUT2D eigenvalue weighted by Crippen LogP contribution is -2.45. The Hall–Kier alpha value is -1.30. The third kappa shape index (κ3) is 2.75. The Morgan fingerprint density at radius 2 is 1.95 bits per heavy atom. The summed E-state index contributed by atoms with van der Waals surface area (Å²) in [6, 6.07) is 7.44. The lowest BCUT2D eigenvalue weighted by Gasteiger charge is -2.34. The molecule has 2 nitrogen and oxygen atoms in total. The predicted octanol–water partition coefficient (Wildman–Crippen LogP) is 3.02. The topological polar surface area (TPSA) is 15.3 Å². The van der Waals surface area contributed by atoms with Gasteiger partial charge >= 0.3 is 0 Å². The first-order chi connectivity index (χ1) is 9.75. The zero-order valence-electron chi connectivity index (χ0n) is 11.0. The summed E-state index contributed by atoms with van der Waals surface area (Å²) in [5.74, 6) is -0.735. The molecule has 1 fully saturated rings. The molecule has 106 valence electrons. The molecule has 0 bridgehead atoms. The van der Waals surface area contributed by atoms with E-state index in [1.54, 1.807) is 11.3 Å². The number of hydrogen-bond acceptors (Lipinski definition) is 3. The molecule has 0 saturated carbocycles. The van der Waals surface area contributed by atoms with E-state index < -0.39 is 5.82 Å². The zero-order chi connectivity index (χ0) is 13.9. The normalized spacial score (nSPS) is 18.1. The SMILES string of the molecule is Fc1ccc(F)c([C@@H](c2cccs2)N2CCNCC2)c1. The van der Waals surface area contributed by atoms with Crippen LogP contribution in [-0.4, -0.2) is 31.1 Å². The Bertz CT molecular complexity index is 565. The third-order valence-corrected chi connectivity index (χ3v) is 4.51. The second-order valence-electron chi connectivity index (χ2n) is 4.87. The summed E-state index contributed by atoms with van der Waals surface area (Å²) in [6.45, 7) is 3.41. The lowest BCUT2D eigenvalue weighted by molar-refractivity contribution is 0.197. The second kappa shape index (κ2) is 5.99. The van der Waals surface area contributed by atoms with Crippen LogP contribution in [0.25, 0.3) is 0 Å². The van der Waals surface area contributed by atoms with Gasteiger partial charge in [-0.05, 0) is 29.6 Å². The minimum Gasteiger partial charge on any atom is -0.314 e. The van der Waals surface area contributed by atoms with Crippen LogP contribution >= 0.6 is 11.3 Å². The maximum Gasteiger partial charge on any atom is 0.128 e. The zero-order valence-corrected chi connectivity index (χ0v) is 11.8. The molecule has 0 amide bonds. The van der Waals surface area contributed by atoms with E-state index in [9.17, 15) is 8.78 Å². The Morgan fingerprint density at radius 3 is 2.65 bits per heavy atom. The Labute approximate surface area is 121 Å². The Kier molecular flexibility index (Phi) is 4.10. The highest BCUT2D eigenvalue weighted by atomic mass is 32.1. The van der Waals surface area contributed by atoms with Crippen LogP contribution < -0.4 is 5.32 Å². The Balaban J connectivity index is 2.02. The molecule has 3 rings (SSSR count). The van der Waals surface area contributed by atoms with Gasteiger partial charge in [0.1, 0.15) is 11.6 Å². The molecule has 1 atom stereocenters. The standard InChI is InChI=1S/C15H16F2N2S/c16-11-3-4-13(17)12(10-11)15(14-2-1-9-20-14)19-7-5-18-6-8-19/h1-4,9-10,15,18H,5-8H2/t15-/m0/s1. The van der Waals surface area contributed by atoms with Crippen molar-refractivity contribution in [2.24, 2.45) is 0 Å². The molecule has 1 aliphatic heterocycles. The molecule has 2 heterocycles. The molecule has 1 N–H and O–H groups in total. The molecule has 5 heteroatoms. The molecule has 20 heavy (non-hydrogen) atoms. The fourth-order valence-corrected chi connectivity index (χ4v) is 3.52. The maximum atomic E-state index is 14.2. The van der Waals surface area contributed by atoms with Gasteiger partial charge in [0.2, 0.25) is 0 Å². The third-order valence-electron chi connectivity index (χ3n) is 3.58. The first-order valence-electron chi connectivity index (χ1n) is 6.69. The van der Waals surface area contributed by atoms with E-state index >= 15 is 0 Å². The van der Waals surface area contributed by atoms with E-state index in [1.165, 1.54) is 18.2 Å². The quantitative estimate of drug-likeness (QED) is 0.936. The summed E-state index contributed by atoms with van der Waals surface area (Å²) >= 11 is 1.58. The van der Waals surface area contributed by atoms with Crippen molar-refractivity contribution in [3.8, 4) is 0 Å². The van der Waals surface area contributed by atoms with Gasteiger partial charge in [-0.2, -0.15) is 0 Å². The van der Waals surface area contributed by atoms with Crippen molar-refractivity contribution in [2.45, 2.75) is 6.04 Å². The monoisotopic (exact) mass is 294 g/mol. The van der Waals surface area contributed by atoms with Crippen molar-refractivity contribution in [2.75, 3.05) is 26.2 Å². The van der Waals surface area contributed by atoms with Crippen molar-refractivity contribution >= 4 is 11.3 Å². The van der Waals surface area contributed by atoms with E-state index in [0.717, 1.165) is 31.1 Å². The fourth-order valence-electron chi connectivity index (χ4n) is 2.64. The summed E-state index contributed by atoms with van der Waals surface area (Å²) in [7, 11) is 0. The van der Waals surface area contributed by atoms with Gasteiger partial charge in [-0.25, -0.2) is 8.78 Å². The molecule has 0 aliphatic carbocycles. The highest BCUT2D eigenvalue weighted by Crippen LogP contribution is 2.33. The van der Waals surface area contributed by atoms with Gasteiger partial charge in [-0.1, -0.05) is 6.07 Å². The number of nitrogens with zero attached hydrogens (tertiary/aromatic N) is 1. The van der Waals surface area contributed by atoms with E-state index in [0.29, 0.717) is 5.56 Å². The molecular formula is C15H16F2N2S. The summed E-state index contributed by atoms with van der Waals surface area (Å²) in [4.78, 5) is 3.26. The van der Waals surface area contributed by atoms with Crippen LogP contribution in [0.3, 0.4) is 0 Å². The van der Waals surface area contributed by atoms with Crippen molar-refractivity contribution in [1.29, 1.82) is 0 Å². The molecule has 2 aromatic rings.